The monoisotopic (exact) mass is 298 g/mol. The number of hydrogen-bond acceptors (Lipinski definition) is 9. The topological polar surface area (TPSA) is 163 Å². The molecule has 20 heavy (non-hydrogen) atoms. The minimum Gasteiger partial charge on any atom is -0.389 e. The first-order chi connectivity index (χ1) is 9.44. The van der Waals surface area contributed by atoms with E-state index < -0.39 is 34.0 Å². The molecule has 2 fully saturated rings. The summed E-state index contributed by atoms with van der Waals surface area (Å²) in [6, 6.07) is 0. The van der Waals surface area contributed by atoms with E-state index in [2.05, 4.69) is 20.3 Å². The zero-order chi connectivity index (χ0) is 14.2. The molecule has 0 radical (unpaired) electrons. The van der Waals surface area contributed by atoms with Crippen LogP contribution in [0.4, 0.5) is 5.95 Å². The summed E-state index contributed by atoms with van der Waals surface area (Å²) in [5.41, 5.74) is 3.53. The number of rotatable bonds is 1. The number of H-pyrrole nitrogens is 1. The van der Waals surface area contributed by atoms with E-state index in [0.717, 1.165) is 11.8 Å². The molecule has 0 aromatic carbocycles. The van der Waals surface area contributed by atoms with Crippen LogP contribution in [0.1, 0.15) is 5.37 Å². The number of nitrogens with two attached hydrogens (primary N) is 1. The largest absolute Gasteiger partial charge is 0.389 e. The molecule has 1 unspecified atom stereocenters. The van der Waals surface area contributed by atoms with Crippen LogP contribution in [0, 0.1) is 0 Å². The van der Waals surface area contributed by atoms with Crippen molar-refractivity contribution in [1.29, 1.82) is 0 Å². The van der Waals surface area contributed by atoms with Crippen molar-refractivity contribution in [3.63, 3.8) is 0 Å². The number of hydrogen-bond donors (Lipinski definition) is 5. The molecule has 5 atom stereocenters. The van der Waals surface area contributed by atoms with Crippen LogP contribution in [-0.2, 0) is 0 Å². The third kappa shape index (κ3) is 1.25. The quantitative estimate of drug-likeness (QED) is 0.373. The number of nitrogens with zero attached hydrogens (tertiary/aromatic N) is 4. The third-order valence-corrected chi connectivity index (χ3v) is 5.40. The van der Waals surface area contributed by atoms with Gasteiger partial charge in [-0.15, -0.1) is 16.9 Å². The predicted octanol–water partition coefficient (Wildman–Crippen LogP) is -2.82. The molecule has 0 spiro atoms. The van der Waals surface area contributed by atoms with Gasteiger partial charge in [-0.05, 0) is 0 Å². The van der Waals surface area contributed by atoms with Crippen LogP contribution in [-0.4, -0.2) is 63.3 Å². The maximum absolute atomic E-state index is 11.6. The van der Waals surface area contributed by atoms with E-state index in [4.69, 9.17) is 5.73 Å². The Hall–Kier alpha value is -1.69. The number of aliphatic hydroxyl groups excluding tert-OH is 2. The molecule has 1 saturated carbocycles. The van der Waals surface area contributed by atoms with Gasteiger partial charge in [-0.25, -0.2) is 4.68 Å². The Morgan fingerprint density at radius 2 is 2.15 bits per heavy atom. The number of nitrogens with one attached hydrogen (secondary N) is 1. The first-order valence-corrected chi connectivity index (χ1v) is 6.73. The van der Waals surface area contributed by atoms with Gasteiger partial charge in [-0.1, -0.05) is 5.21 Å². The van der Waals surface area contributed by atoms with Gasteiger partial charge in [0.05, 0.1) is 5.25 Å². The smallest absolute Gasteiger partial charge is 0.282 e. The number of nitrogen functional groups attached to an aromatic ring is 1. The van der Waals surface area contributed by atoms with Gasteiger partial charge < -0.3 is 21.1 Å². The minimum atomic E-state index is -1.54. The molecule has 0 amide bonds. The molecule has 1 aliphatic carbocycles. The van der Waals surface area contributed by atoms with Crippen LogP contribution < -0.4 is 11.3 Å². The number of anilines is 1. The summed E-state index contributed by atoms with van der Waals surface area (Å²) >= 11 is 1.16. The lowest BCUT2D eigenvalue weighted by Gasteiger charge is -2.20. The van der Waals surface area contributed by atoms with Crippen molar-refractivity contribution in [3.05, 3.63) is 10.4 Å². The number of aromatic nitrogens is 5. The first kappa shape index (κ1) is 12.1. The Bertz CT molecular complexity index is 775. The molecule has 11 heteroatoms. The molecule has 3 heterocycles. The van der Waals surface area contributed by atoms with Crippen molar-refractivity contribution in [2.75, 3.05) is 5.73 Å². The first-order valence-electron chi connectivity index (χ1n) is 5.79. The van der Waals surface area contributed by atoms with E-state index in [1.807, 2.05) is 0 Å². The Morgan fingerprint density at radius 1 is 1.40 bits per heavy atom. The SMILES string of the molecule is Nc1nc2c(nnn2[C@@H]2S[C@@H]3C(O)[C@]3(O)[C@H]2O)c(=O)[nH]1. The highest BCUT2D eigenvalue weighted by atomic mass is 32.2. The molecule has 6 N–H and O–H groups in total. The fourth-order valence-electron chi connectivity index (χ4n) is 2.54. The van der Waals surface area contributed by atoms with Crippen molar-refractivity contribution in [2.45, 2.75) is 28.4 Å². The van der Waals surface area contributed by atoms with Gasteiger partial charge in [0.1, 0.15) is 23.2 Å². The highest BCUT2D eigenvalue weighted by molar-refractivity contribution is 8.00. The lowest BCUT2D eigenvalue weighted by atomic mass is 10.2. The van der Waals surface area contributed by atoms with Crippen LogP contribution in [0.2, 0.25) is 0 Å². The highest BCUT2D eigenvalue weighted by Gasteiger charge is 2.75. The van der Waals surface area contributed by atoms with E-state index in [1.54, 1.807) is 0 Å². The molecule has 4 rings (SSSR count). The Morgan fingerprint density at radius 3 is 2.80 bits per heavy atom. The van der Waals surface area contributed by atoms with Crippen molar-refractivity contribution in [3.8, 4) is 0 Å². The number of thioether (sulfide) groups is 1. The Labute approximate surface area is 114 Å². The standard InChI is InChI=1S/C9H10N6O4S/c10-8-11-5-1(6(18)12-8)13-14-15(5)7-3(17)9(19)2(16)4(9)20-7/h2-4,7,16-17,19H,(H3,10,11,12,18)/t2?,3-,4+,7+,9-/m0/s1. The van der Waals surface area contributed by atoms with E-state index in [-0.39, 0.29) is 17.1 Å². The second kappa shape index (κ2) is 3.49. The highest BCUT2D eigenvalue weighted by Crippen LogP contribution is 2.61. The third-order valence-electron chi connectivity index (χ3n) is 3.73. The van der Waals surface area contributed by atoms with Gasteiger partial charge >= 0.3 is 0 Å². The molecule has 106 valence electrons. The van der Waals surface area contributed by atoms with Gasteiger partial charge in [0.25, 0.3) is 5.56 Å². The summed E-state index contributed by atoms with van der Waals surface area (Å²) in [6.07, 6.45) is -2.20. The zero-order valence-corrected chi connectivity index (χ0v) is 10.7. The molecule has 2 aromatic rings. The number of aromatic amines is 1. The summed E-state index contributed by atoms with van der Waals surface area (Å²) in [5.74, 6) is -0.0903. The second-order valence-electron chi connectivity index (χ2n) is 4.88. The Balaban J connectivity index is 1.83. The van der Waals surface area contributed by atoms with Crippen molar-refractivity contribution < 1.29 is 15.3 Å². The average Bonchev–Trinajstić information content (AvgIpc) is 2.74. The maximum atomic E-state index is 11.6. The normalized spacial score (nSPS) is 39.1. The molecule has 10 nitrogen and oxygen atoms in total. The van der Waals surface area contributed by atoms with E-state index in [1.165, 1.54) is 4.68 Å². The molecule has 0 bridgehead atoms. The van der Waals surface area contributed by atoms with Crippen LogP contribution in [0.5, 0.6) is 0 Å². The van der Waals surface area contributed by atoms with Crippen LogP contribution in [0.25, 0.3) is 11.2 Å². The van der Waals surface area contributed by atoms with E-state index in [0.29, 0.717) is 0 Å². The van der Waals surface area contributed by atoms with Gasteiger partial charge in [0.2, 0.25) is 5.95 Å². The lowest BCUT2D eigenvalue weighted by Crippen LogP contribution is -2.36. The molecular formula is C9H10N6O4S. The number of aliphatic hydroxyl groups is 3. The second-order valence-corrected chi connectivity index (χ2v) is 6.14. The fourth-order valence-corrected chi connectivity index (χ4v) is 4.25. The minimum absolute atomic E-state index is 0.000103. The summed E-state index contributed by atoms with van der Waals surface area (Å²) in [7, 11) is 0. The molecule has 1 aliphatic heterocycles. The van der Waals surface area contributed by atoms with Crippen LogP contribution >= 0.6 is 11.8 Å². The lowest BCUT2D eigenvalue weighted by molar-refractivity contribution is -0.0342. The summed E-state index contributed by atoms with van der Waals surface area (Å²) in [6.45, 7) is 0. The fraction of sp³-hybridized carbons (Fsp3) is 0.556. The van der Waals surface area contributed by atoms with Gasteiger partial charge in [-0.2, -0.15) is 4.98 Å². The van der Waals surface area contributed by atoms with Gasteiger partial charge in [-0.3, -0.25) is 9.78 Å². The predicted molar refractivity (Wildman–Crippen MR) is 67.7 cm³/mol. The van der Waals surface area contributed by atoms with Gasteiger partial charge in [0, 0.05) is 0 Å². The zero-order valence-electron chi connectivity index (χ0n) is 9.83. The van der Waals surface area contributed by atoms with Crippen LogP contribution in [0.15, 0.2) is 4.79 Å². The van der Waals surface area contributed by atoms with E-state index in [9.17, 15) is 20.1 Å². The van der Waals surface area contributed by atoms with Crippen LogP contribution in [0.3, 0.4) is 0 Å². The van der Waals surface area contributed by atoms with Crippen molar-refractivity contribution >= 4 is 28.9 Å². The average molecular weight is 298 g/mol. The Kier molecular flexibility index (Phi) is 2.11. The van der Waals surface area contributed by atoms with Gasteiger partial charge in [0.15, 0.2) is 11.2 Å². The molecule has 2 aromatic heterocycles. The summed E-state index contributed by atoms with van der Waals surface area (Å²) in [5, 5.41) is 36.0. The summed E-state index contributed by atoms with van der Waals surface area (Å²) in [4.78, 5) is 17.9. The van der Waals surface area contributed by atoms with E-state index >= 15 is 0 Å². The molecule has 1 saturated heterocycles. The number of fused-ring (bicyclic) bond motifs is 2. The van der Waals surface area contributed by atoms with Crippen molar-refractivity contribution in [1.82, 2.24) is 25.0 Å². The maximum Gasteiger partial charge on any atom is 0.282 e. The molecule has 2 aliphatic rings. The summed E-state index contributed by atoms with van der Waals surface area (Å²) < 4.78 is 1.24. The molecular weight excluding hydrogens is 288 g/mol. The van der Waals surface area contributed by atoms with Crippen molar-refractivity contribution in [2.24, 2.45) is 0 Å².